The molecule has 1 atom stereocenters. The van der Waals surface area contributed by atoms with Gasteiger partial charge in [-0.1, -0.05) is 51.1 Å². The molecule has 0 fully saturated rings. The van der Waals surface area contributed by atoms with Gasteiger partial charge in [0, 0.05) is 0 Å². The molecule has 0 heterocycles. The molecule has 0 saturated carbocycles. The molecule has 0 aliphatic carbocycles. The molecule has 108 valence electrons. The van der Waals surface area contributed by atoms with Crippen LogP contribution in [-0.2, 0) is 14.3 Å². The van der Waals surface area contributed by atoms with Gasteiger partial charge in [-0.15, -0.1) is 0 Å². The van der Waals surface area contributed by atoms with Gasteiger partial charge in [-0.3, -0.25) is 4.18 Å². The first-order valence-electron chi connectivity index (χ1n) is 5.49. The summed E-state index contributed by atoms with van der Waals surface area (Å²) in [4.78, 5) is 0. The van der Waals surface area contributed by atoms with E-state index < -0.39 is 27.1 Å². The van der Waals surface area contributed by atoms with Crippen molar-refractivity contribution in [1.29, 1.82) is 0 Å². The van der Waals surface area contributed by atoms with Gasteiger partial charge >= 0.3 is 15.6 Å². The largest absolute Gasteiger partial charge is 0.523 e. The minimum Gasteiger partial charge on any atom is -0.254 e. The minimum absolute atomic E-state index is 0.378. The molecule has 0 amide bonds. The molecule has 0 spiro atoms. The lowest BCUT2D eigenvalue weighted by atomic mass is 9.85. The summed E-state index contributed by atoms with van der Waals surface area (Å²) in [7, 11) is -5.63. The van der Waals surface area contributed by atoms with Crippen molar-refractivity contribution in [3.63, 3.8) is 0 Å². The van der Waals surface area contributed by atoms with E-state index in [-0.39, 0.29) is 0 Å². The molecule has 1 aromatic carbocycles. The van der Waals surface area contributed by atoms with Crippen LogP contribution in [0.1, 0.15) is 32.4 Å². The van der Waals surface area contributed by atoms with E-state index in [4.69, 9.17) is 0 Å². The van der Waals surface area contributed by atoms with E-state index in [0.717, 1.165) is 0 Å². The van der Waals surface area contributed by atoms with Crippen LogP contribution in [0.4, 0.5) is 13.2 Å². The fourth-order valence-corrected chi connectivity index (χ4v) is 2.27. The maximum Gasteiger partial charge on any atom is 0.523 e. The van der Waals surface area contributed by atoms with Crippen LogP contribution in [0.15, 0.2) is 30.3 Å². The van der Waals surface area contributed by atoms with Gasteiger partial charge in [-0.2, -0.15) is 21.6 Å². The van der Waals surface area contributed by atoms with Gasteiger partial charge in [0.1, 0.15) is 6.10 Å². The molecule has 0 saturated heterocycles. The standard InChI is InChI=1S/C12H15F3O3S/c1-11(2,3)10(9-7-5-4-6-8-9)18-19(16,17)12(13,14)15/h4-8,10H,1-3H3. The summed E-state index contributed by atoms with van der Waals surface area (Å²) in [5.74, 6) is 0. The number of rotatable bonds is 3. The number of alkyl halides is 3. The lowest BCUT2D eigenvalue weighted by molar-refractivity contribution is -0.0621. The predicted molar refractivity (Wildman–Crippen MR) is 64.7 cm³/mol. The zero-order valence-corrected chi connectivity index (χ0v) is 11.5. The van der Waals surface area contributed by atoms with Crippen LogP contribution in [-0.4, -0.2) is 13.9 Å². The third-order valence-electron chi connectivity index (χ3n) is 2.40. The molecular weight excluding hydrogens is 281 g/mol. The SMILES string of the molecule is CC(C)(C)C(OS(=O)(=O)C(F)(F)F)c1ccccc1. The van der Waals surface area contributed by atoms with E-state index in [1.54, 1.807) is 39.0 Å². The fraction of sp³-hybridized carbons (Fsp3) is 0.500. The summed E-state index contributed by atoms with van der Waals surface area (Å²) in [6, 6.07) is 7.96. The van der Waals surface area contributed by atoms with Crippen LogP contribution in [0.5, 0.6) is 0 Å². The molecule has 0 aliphatic rings. The van der Waals surface area contributed by atoms with Crippen LogP contribution >= 0.6 is 0 Å². The second-order valence-electron chi connectivity index (χ2n) is 5.15. The number of hydrogen-bond acceptors (Lipinski definition) is 3. The second kappa shape index (κ2) is 5.13. The van der Waals surface area contributed by atoms with Gasteiger partial charge in [0.25, 0.3) is 0 Å². The topological polar surface area (TPSA) is 43.4 Å². The van der Waals surface area contributed by atoms with Crippen molar-refractivity contribution in [2.24, 2.45) is 5.41 Å². The lowest BCUT2D eigenvalue weighted by Gasteiger charge is -2.30. The highest BCUT2D eigenvalue weighted by molar-refractivity contribution is 7.87. The summed E-state index contributed by atoms with van der Waals surface area (Å²) < 4.78 is 63.8. The van der Waals surface area contributed by atoms with E-state index in [0.29, 0.717) is 5.56 Å². The van der Waals surface area contributed by atoms with Gasteiger partial charge < -0.3 is 0 Å². The molecule has 7 heteroatoms. The highest BCUT2D eigenvalue weighted by Gasteiger charge is 2.50. The summed E-state index contributed by atoms with van der Waals surface area (Å²) in [5, 5.41) is 0. The highest BCUT2D eigenvalue weighted by atomic mass is 32.2. The average molecular weight is 296 g/mol. The van der Waals surface area contributed by atoms with Crippen LogP contribution in [0.25, 0.3) is 0 Å². The normalized spacial score (nSPS) is 15.3. The first kappa shape index (κ1) is 16.0. The first-order valence-corrected chi connectivity index (χ1v) is 6.90. The molecule has 3 nitrogen and oxygen atoms in total. The monoisotopic (exact) mass is 296 g/mol. The smallest absolute Gasteiger partial charge is 0.254 e. The average Bonchev–Trinajstić information content (AvgIpc) is 2.24. The van der Waals surface area contributed by atoms with Crippen LogP contribution in [0.3, 0.4) is 0 Å². The van der Waals surface area contributed by atoms with Crippen molar-refractivity contribution in [1.82, 2.24) is 0 Å². The van der Waals surface area contributed by atoms with Crippen molar-refractivity contribution in [3.8, 4) is 0 Å². The first-order chi connectivity index (χ1) is 8.45. The Morgan fingerprint density at radius 3 is 1.89 bits per heavy atom. The molecule has 0 radical (unpaired) electrons. The fourth-order valence-electron chi connectivity index (χ4n) is 1.51. The Morgan fingerprint density at radius 2 is 1.53 bits per heavy atom. The van der Waals surface area contributed by atoms with Gasteiger partial charge in [-0.25, -0.2) is 0 Å². The minimum atomic E-state index is -5.63. The van der Waals surface area contributed by atoms with Crippen LogP contribution in [0.2, 0.25) is 0 Å². The van der Waals surface area contributed by atoms with Crippen molar-refractivity contribution in [2.75, 3.05) is 0 Å². The Balaban J connectivity index is 3.17. The number of benzene rings is 1. The van der Waals surface area contributed by atoms with Crippen molar-refractivity contribution < 1.29 is 25.8 Å². The van der Waals surface area contributed by atoms with E-state index in [9.17, 15) is 21.6 Å². The lowest BCUT2D eigenvalue weighted by Crippen LogP contribution is -2.31. The van der Waals surface area contributed by atoms with Gasteiger partial charge in [-0.05, 0) is 11.0 Å². The van der Waals surface area contributed by atoms with Gasteiger partial charge in [0.2, 0.25) is 0 Å². The van der Waals surface area contributed by atoms with E-state index in [1.807, 2.05) is 0 Å². The maximum atomic E-state index is 12.4. The number of hydrogen-bond donors (Lipinski definition) is 0. The molecular formula is C12H15F3O3S. The molecule has 0 bridgehead atoms. The summed E-state index contributed by atoms with van der Waals surface area (Å²) in [5.41, 5.74) is -5.85. The third kappa shape index (κ3) is 3.94. The molecule has 1 rings (SSSR count). The van der Waals surface area contributed by atoms with E-state index >= 15 is 0 Å². The van der Waals surface area contributed by atoms with Crippen molar-refractivity contribution in [3.05, 3.63) is 35.9 Å². The Hall–Kier alpha value is -1.08. The third-order valence-corrected chi connectivity index (χ3v) is 3.41. The van der Waals surface area contributed by atoms with Crippen LogP contribution < -0.4 is 0 Å². The Bertz CT molecular complexity index is 515. The maximum absolute atomic E-state index is 12.4. The summed E-state index contributed by atoms with van der Waals surface area (Å²) >= 11 is 0. The molecule has 0 aromatic heterocycles. The Morgan fingerprint density at radius 1 is 1.05 bits per heavy atom. The Labute approximate surface area is 110 Å². The zero-order chi connectivity index (χ0) is 14.9. The van der Waals surface area contributed by atoms with Crippen molar-refractivity contribution in [2.45, 2.75) is 32.4 Å². The van der Waals surface area contributed by atoms with Gasteiger partial charge in [0.15, 0.2) is 0 Å². The van der Waals surface area contributed by atoms with Crippen molar-refractivity contribution >= 4 is 10.1 Å². The second-order valence-corrected chi connectivity index (χ2v) is 6.72. The van der Waals surface area contributed by atoms with Crippen LogP contribution in [0, 0.1) is 5.41 Å². The quantitative estimate of drug-likeness (QED) is 0.632. The zero-order valence-electron chi connectivity index (χ0n) is 10.7. The van der Waals surface area contributed by atoms with E-state index in [2.05, 4.69) is 4.18 Å². The number of halogens is 3. The molecule has 0 aliphatic heterocycles. The molecule has 1 aromatic rings. The van der Waals surface area contributed by atoms with E-state index in [1.165, 1.54) is 12.1 Å². The Kier molecular flexibility index (Phi) is 4.31. The summed E-state index contributed by atoms with van der Waals surface area (Å²) in [6.07, 6.45) is -1.21. The highest BCUT2D eigenvalue weighted by Crippen LogP contribution is 2.40. The predicted octanol–water partition coefficient (Wildman–Crippen LogP) is 3.64. The molecule has 19 heavy (non-hydrogen) atoms. The molecule has 0 N–H and O–H groups in total. The summed E-state index contributed by atoms with van der Waals surface area (Å²) in [6.45, 7) is 4.82. The van der Waals surface area contributed by atoms with Gasteiger partial charge in [0.05, 0.1) is 0 Å². The molecule has 1 unspecified atom stereocenters.